The lowest BCUT2D eigenvalue weighted by Crippen LogP contribution is -2.36. The molecule has 0 radical (unpaired) electrons. The number of nitrogens with zero attached hydrogens (tertiary/aromatic N) is 4. The molecule has 0 aliphatic rings. The van der Waals surface area contributed by atoms with Gasteiger partial charge in [-0.3, -0.25) is 9.39 Å². The largest absolute Gasteiger partial charge is 0.489 e. The Bertz CT molecular complexity index is 902. The molecule has 3 aromatic rings. The van der Waals surface area contributed by atoms with Gasteiger partial charge >= 0.3 is 0 Å². The molecule has 2 N–H and O–H groups in total. The van der Waals surface area contributed by atoms with Gasteiger partial charge in [0.05, 0.1) is 6.54 Å². The number of aromatic nitrogens is 3. The minimum atomic E-state index is 0.476. The summed E-state index contributed by atoms with van der Waals surface area (Å²) in [4.78, 5) is 4.25. The van der Waals surface area contributed by atoms with Crippen molar-refractivity contribution < 1.29 is 4.74 Å². The maximum atomic E-state index is 5.68. The number of para-hydroxylation sites is 1. The number of fused-ring (bicyclic) bond motifs is 1. The van der Waals surface area contributed by atoms with E-state index < -0.39 is 0 Å². The number of hydrogen-bond acceptors (Lipinski definition) is 4. The lowest BCUT2D eigenvalue weighted by molar-refractivity contribution is 0.358. The van der Waals surface area contributed by atoms with Crippen LogP contribution in [0.4, 0.5) is 0 Å². The normalized spacial score (nSPS) is 11.3. The second kappa shape index (κ2) is 8.66. The highest BCUT2D eigenvalue weighted by molar-refractivity contribution is 5.79. The molecule has 0 bridgehead atoms. The van der Waals surface area contributed by atoms with Gasteiger partial charge in [0.25, 0.3) is 0 Å². The van der Waals surface area contributed by atoms with Crippen molar-refractivity contribution in [2.24, 2.45) is 4.99 Å². The first kappa shape index (κ1) is 17.5. The Labute approximate surface area is 152 Å². The Morgan fingerprint density at radius 3 is 2.81 bits per heavy atom. The van der Waals surface area contributed by atoms with E-state index in [2.05, 4.69) is 32.4 Å². The summed E-state index contributed by atoms with van der Waals surface area (Å²) in [5.74, 6) is 2.33. The van der Waals surface area contributed by atoms with E-state index >= 15 is 0 Å². The summed E-state index contributed by atoms with van der Waals surface area (Å²) in [5.41, 5.74) is 1.87. The average Bonchev–Trinajstić information content (AvgIpc) is 3.10. The number of hydrogen-bond donors (Lipinski definition) is 2. The molecule has 0 unspecified atom stereocenters. The summed E-state index contributed by atoms with van der Waals surface area (Å²) < 4.78 is 7.62. The SMILES string of the molecule is C=CCOc1ccccc1CNC(=NC)NCc1nnc2ccccn12. The standard InChI is InChI=1S/C19H22N6O/c1-3-12-26-16-9-5-4-8-15(16)13-21-19(20-2)22-14-18-24-23-17-10-6-7-11-25(17)18/h3-11H,1,12-14H2,2H3,(H2,20,21,22). The minimum Gasteiger partial charge on any atom is -0.489 e. The molecule has 26 heavy (non-hydrogen) atoms. The molecular formula is C19H22N6O. The van der Waals surface area contributed by atoms with Crippen LogP contribution in [0, 0.1) is 0 Å². The van der Waals surface area contributed by atoms with Crippen LogP contribution in [-0.2, 0) is 13.1 Å². The van der Waals surface area contributed by atoms with Crippen molar-refractivity contribution >= 4 is 11.6 Å². The third-order valence-corrected chi connectivity index (χ3v) is 3.80. The van der Waals surface area contributed by atoms with Crippen LogP contribution >= 0.6 is 0 Å². The zero-order valence-corrected chi connectivity index (χ0v) is 14.7. The van der Waals surface area contributed by atoms with E-state index in [0.29, 0.717) is 25.7 Å². The van der Waals surface area contributed by atoms with Crippen LogP contribution in [0.5, 0.6) is 5.75 Å². The Morgan fingerprint density at radius 2 is 1.96 bits per heavy atom. The van der Waals surface area contributed by atoms with Gasteiger partial charge in [-0.05, 0) is 18.2 Å². The van der Waals surface area contributed by atoms with Crippen molar-refractivity contribution in [3.05, 3.63) is 72.7 Å². The molecule has 0 aliphatic heterocycles. The number of nitrogens with one attached hydrogen (secondary N) is 2. The maximum Gasteiger partial charge on any atom is 0.191 e. The quantitative estimate of drug-likeness (QED) is 0.388. The third-order valence-electron chi connectivity index (χ3n) is 3.80. The molecule has 0 spiro atoms. The summed E-state index contributed by atoms with van der Waals surface area (Å²) >= 11 is 0. The first-order chi connectivity index (χ1) is 12.8. The number of aliphatic imine (C=N–C) groups is 1. The molecule has 2 aromatic heterocycles. The predicted molar refractivity (Wildman–Crippen MR) is 102 cm³/mol. The molecule has 0 fully saturated rings. The Morgan fingerprint density at radius 1 is 1.15 bits per heavy atom. The van der Waals surface area contributed by atoms with Gasteiger partial charge in [0.15, 0.2) is 17.4 Å². The molecule has 0 aliphatic carbocycles. The van der Waals surface area contributed by atoms with Crippen LogP contribution in [0.15, 0.2) is 66.3 Å². The van der Waals surface area contributed by atoms with Crippen molar-refractivity contribution in [2.75, 3.05) is 13.7 Å². The van der Waals surface area contributed by atoms with Gasteiger partial charge in [0.1, 0.15) is 12.4 Å². The molecule has 7 heteroatoms. The number of benzene rings is 1. The van der Waals surface area contributed by atoms with E-state index in [1.54, 1.807) is 13.1 Å². The first-order valence-electron chi connectivity index (χ1n) is 8.36. The summed E-state index contributed by atoms with van der Waals surface area (Å²) in [6.45, 7) is 5.26. The van der Waals surface area contributed by atoms with Gasteiger partial charge in [0.2, 0.25) is 0 Å². The van der Waals surface area contributed by atoms with Crippen molar-refractivity contribution in [1.82, 2.24) is 25.2 Å². The van der Waals surface area contributed by atoms with E-state index in [1.165, 1.54) is 0 Å². The number of ether oxygens (including phenoxy) is 1. The highest BCUT2D eigenvalue weighted by atomic mass is 16.5. The van der Waals surface area contributed by atoms with Crippen LogP contribution in [0.3, 0.4) is 0 Å². The lowest BCUT2D eigenvalue weighted by Gasteiger charge is -2.14. The zero-order chi connectivity index (χ0) is 18.2. The highest BCUT2D eigenvalue weighted by Crippen LogP contribution is 2.17. The zero-order valence-electron chi connectivity index (χ0n) is 14.7. The second-order valence-electron chi connectivity index (χ2n) is 5.53. The molecule has 0 saturated carbocycles. The third kappa shape index (κ3) is 4.18. The van der Waals surface area contributed by atoms with Gasteiger partial charge in [0, 0.05) is 25.4 Å². The molecule has 3 rings (SSSR count). The van der Waals surface area contributed by atoms with E-state index in [9.17, 15) is 0 Å². The van der Waals surface area contributed by atoms with E-state index in [0.717, 1.165) is 22.8 Å². The molecular weight excluding hydrogens is 328 g/mol. The van der Waals surface area contributed by atoms with Crippen LogP contribution in [-0.4, -0.2) is 34.2 Å². The molecule has 7 nitrogen and oxygen atoms in total. The maximum absolute atomic E-state index is 5.68. The van der Waals surface area contributed by atoms with Crippen molar-refractivity contribution in [1.29, 1.82) is 0 Å². The first-order valence-corrected chi connectivity index (χ1v) is 8.36. The van der Waals surface area contributed by atoms with Gasteiger partial charge in [-0.15, -0.1) is 10.2 Å². The molecule has 134 valence electrons. The van der Waals surface area contributed by atoms with Crippen LogP contribution < -0.4 is 15.4 Å². The van der Waals surface area contributed by atoms with Crippen LogP contribution in [0.2, 0.25) is 0 Å². The number of pyridine rings is 1. The van der Waals surface area contributed by atoms with E-state index in [-0.39, 0.29) is 0 Å². The average molecular weight is 350 g/mol. The molecule has 0 atom stereocenters. The van der Waals surface area contributed by atoms with E-state index in [4.69, 9.17) is 4.74 Å². The van der Waals surface area contributed by atoms with Crippen molar-refractivity contribution in [3.8, 4) is 5.75 Å². The van der Waals surface area contributed by atoms with Gasteiger partial charge in [-0.1, -0.05) is 36.9 Å². The Kier molecular flexibility index (Phi) is 5.82. The number of rotatable bonds is 7. The fourth-order valence-corrected chi connectivity index (χ4v) is 2.51. The Hall–Kier alpha value is -3.35. The van der Waals surface area contributed by atoms with Crippen molar-refractivity contribution in [3.63, 3.8) is 0 Å². The lowest BCUT2D eigenvalue weighted by atomic mass is 10.2. The molecule has 0 amide bonds. The minimum absolute atomic E-state index is 0.476. The Balaban J connectivity index is 1.60. The van der Waals surface area contributed by atoms with E-state index in [1.807, 2.05) is 53.1 Å². The topological polar surface area (TPSA) is 75.8 Å². The summed E-state index contributed by atoms with van der Waals surface area (Å²) in [6, 6.07) is 13.7. The summed E-state index contributed by atoms with van der Waals surface area (Å²) in [6.07, 6.45) is 3.67. The summed E-state index contributed by atoms with van der Waals surface area (Å²) in [7, 11) is 1.73. The smallest absolute Gasteiger partial charge is 0.191 e. The second-order valence-corrected chi connectivity index (χ2v) is 5.53. The monoisotopic (exact) mass is 350 g/mol. The van der Waals surface area contributed by atoms with Crippen LogP contribution in [0.1, 0.15) is 11.4 Å². The number of guanidine groups is 1. The van der Waals surface area contributed by atoms with Crippen molar-refractivity contribution in [2.45, 2.75) is 13.1 Å². The molecule has 0 saturated heterocycles. The predicted octanol–water partition coefficient (Wildman–Crippen LogP) is 2.16. The molecule has 1 aromatic carbocycles. The molecule has 2 heterocycles. The highest BCUT2D eigenvalue weighted by Gasteiger charge is 2.07. The summed E-state index contributed by atoms with van der Waals surface area (Å²) in [5, 5.41) is 14.9. The fraction of sp³-hybridized carbons (Fsp3) is 0.211. The van der Waals surface area contributed by atoms with Gasteiger partial charge in [-0.2, -0.15) is 0 Å². The fourth-order valence-electron chi connectivity index (χ4n) is 2.51. The van der Waals surface area contributed by atoms with Gasteiger partial charge < -0.3 is 15.4 Å². The van der Waals surface area contributed by atoms with Crippen LogP contribution in [0.25, 0.3) is 5.65 Å². The van der Waals surface area contributed by atoms with Gasteiger partial charge in [-0.25, -0.2) is 0 Å².